The molecule has 160 valence electrons. The van der Waals surface area contributed by atoms with E-state index < -0.39 is 12.5 Å². The van der Waals surface area contributed by atoms with Gasteiger partial charge in [0.15, 0.2) is 5.65 Å². The first-order valence-corrected chi connectivity index (χ1v) is 9.61. The fraction of sp³-hybridized carbons (Fsp3) is 0.0909. The molecule has 32 heavy (non-hydrogen) atoms. The lowest BCUT2D eigenvalue weighted by molar-refractivity contribution is -0.0493. The van der Waals surface area contributed by atoms with Gasteiger partial charge in [0.1, 0.15) is 17.0 Å². The molecule has 0 fully saturated rings. The van der Waals surface area contributed by atoms with Gasteiger partial charge in [0.25, 0.3) is 5.91 Å². The molecule has 0 aliphatic carbocycles. The molecule has 3 aromatic heterocycles. The minimum atomic E-state index is -3.01. The van der Waals surface area contributed by atoms with Crippen LogP contribution in [0.2, 0.25) is 0 Å². The van der Waals surface area contributed by atoms with Gasteiger partial charge in [0.2, 0.25) is 0 Å². The largest absolute Gasteiger partial charge is 0.434 e. The molecule has 5 rings (SSSR count). The topological polar surface area (TPSA) is 86.3 Å². The molecular formula is C22H16F2N6O2. The van der Waals surface area contributed by atoms with Crippen molar-refractivity contribution in [3.8, 4) is 17.0 Å². The van der Waals surface area contributed by atoms with Crippen LogP contribution in [0.5, 0.6) is 5.75 Å². The molecule has 0 saturated heterocycles. The zero-order valence-electron chi connectivity index (χ0n) is 16.7. The zero-order valence-corrected chi connectivity index (χ0v) is 16.7. The van der Waals surface area contributed by atoms with Crippen LogP contribution in [0.3, 0.4) is 0 Å². The maximum Gasteiger partial charge on any atom is 0.387 e. The highest BCUT2D eigenvalue weighted by Crippen LogP contribution is 2.38. The molecule has 0 atom stereocenters. The van der Waals surface area contributed by atoms with Gasteiger partial charge < -0.3 is 10.1 Å². The smallest absolute Gasteiger partial charge is 0.387 e. The van der Waals surface area contributed by atoms with E-state index in [9.17, 15) is 13.6 Å². The van der Waals surface area contributed by atoms with E-state index in [1.165, 1.54) is 21.5 Å². The number of hydrogen-bond acceptors (Lipinski definition) is 5. The summed E-state index contributed by atoms with van der Waals surface area (Å²) in [5.41, 5.74) is 1.62. The average Bonchev–Trinajstić information content (AvgIpc) is 3.36. The van der Waals surface area contributed by atoms with Gasteiger partial charge in [-0.05, 0) is 29.0 Å². The Hall–Kier alpha value is -4.34. The van der Waals surface area contributed by atoms with Crippen LogP contribution in [0.25, 0.3) is 27.7 Å². The molecule has 0 unspecified atom stereocenters. The van der Waals surface area contributed by atoms with Crippen LogP contribution in [0.1, 0.15) is 10.4 Å². The van der Waals surface area contributed by atoms with E-state index >= 15 is 0 Å². The van der Waals surface area contributed by atoms with E-state index in [0.717, 1.165) is 10.8 Å². The summed E-state index contributed by atoms with van der Waals surface area (Å²) in [6, 6.07) is 12.3. The molecule has 2 aromatic carbocycles. The third-order valence-electron chi connectivity index (χ3n) is 4.92. The molecule has 0 saturated carbocycles. The van der Waals surface area contributed by atoms with Gasteiger partial charge in [0, 0.05) is 31.2 Å². The minimum Gasteiger partial charge on any atom is -0.434 e. The number of benzene rings is 2. The third-order valence-corrected chi connectivity index (χ3v) is 4.92. The van der Waals surface area contributed by atoms with E-state index in [1.807, 2.05) is 18.2 Å². The predicted molar refractivity (Wildman–Crippen MR) is 114 cm³/mol. The lowest BCUT2D eigenvalue weighted by Crippen LogP contribution is -2.12. The Morgan fingerprint density at radius 2 is 1.94 bits per heavy atom. The number of halogens is 2. The van der Waals surface area contributed by atoms with Gasteiger partial charge >= 0.3 is 6.61 Å². The molecule has 0 radical (unpaired) electrons. The summed E-state index contributed by atoms with van der Waals surface area (Å²) >= 11 is 0. The maximum absolute atomic E-state index is 13.1. The van der Waals surface area contributed by atoms with E-state index in [0.29, 0.717) is 22.6 Å². The second-order valence-electron chi connectivity index (χ2n) is 7.04. The normalized spacial score (nSPS) is 11.4. The van der Waals surface area contributed by atoms with Gasteiger partial charge in [0.05, 0.1) is 11.9 Å². The van der Waals surface area contributed by atoms with Gasteiger partial charge in [-0.15, -0.1) is 0 Å². The van der Waals surface area contributed by atoms with E-state index in [-0.39, 0.29) is 11.3 Å². The minimum absolute atomic E-state index is 0.0365. The van der Waals surface area contributed by atoms with Gasteiger partial charge in [-0.2, -0.15) is 19.0 Å². The van der Waals surface area contributed by atoms with Crippen molar-refractivity contribution in [3.63, 3.8) is 0 Å². The second-order valence-corrected chi connectivity index (χ2v) is 7.04. The first kappa shape index (κ1) is 19.6. The van der Waals surface area contributed by atoms with E-state index in [1.54, 1.807) is 43.8 Å². The molecule has 0 aliphatic heterocycles. The Labute approximate surface area is 180 Å². The molecule has 0 bridgehead atoms. The first-order chi connectivity index (χ1) is 15.5. The van der Waals surface area contributed by atoms with Crippen molar-refractivity contribution < 1.29 is 18.3 Å². The molecule has 0 spiro atoms. The van der Waals surface area contributed by atoms with Gasteiger partial charge in [-0.1, -0.05) is 24.3 Å². The highest BCUT2D eigenvalue weighted by molar-refractivity contribution is 6.09. The number of aryl methyl sites for hydroxylation is 1. The Morgan fingerprint density at radius 3 is 2.72 bits per heavy atom. The predicted octanol–water partition coefficient (Wildman–Crippen LogP) is 4.14. The number of alkyl halides is 2. The molecule has 5 aromatic rings. The van der Waals surface area contributed by atoms with Crippen LogP contribution in [0.15, 0.2) is 67.3 Å². The summed E-state index contributed by atoms with van der Waals surface area (Å²) < 4.78 is 34.0. The number of carbonyl (C=O) groups excluding carboxylic acids is 1. The lowest BCUT2D eigenvalue weighted by Gasteiger charge is -2.12. The maximum atomic E-state index is 13.1. The van der Waals surface area contributed by atoms with Crippen LogP contribution in [-0.4, -0.2) is 36.9 Å². The Kier molecular flexibility index (Phi) is 4.74. The van der Waals surface area contributed by atoms with Crippen molar-refractivity contribution in [2.75, 3.05) is 5.32 Å². The second kappa shape index (κ2) is 7.73. The number of nitrogens with one attached hydrogen (secondary N) is 1. The number of ether oxygens (including phenoxy) is 1. The van der Waals surface area contributed by atoms with Crippen molar-refractivity contribution >= 4 is 28.0 Å². The average molecular weight is 434 g/mol. The molecule has 0 aliphatic rings. The number of carbonyl (C=O) groups is 1. The van der Waals surface area contributed by atoms with Gasteiger partial charge in [-0.25, -0.2) is 9.50 Å². The Morgan fingerprint density at radius 1 is 1.16 bits per heavy atom. The number of fused-ring (bicyclic) bond motifs is 2. The monoisotopic (exact) mass is 434 g/mol. The highest BCUT2D eigenvalue weighted by Gasteiger charge is 2.21. The Bertz CT molecular complexity index is 1460. The molecule has 1 amide bonds. The summed E-state index contributed by atoms with van der Waals surface area (Å²) in [4.78, 5) is 17.2. The van der Waals surface area contributed by atoms with E-state index in [4.69, 9.17) is 4.74 Å². The summed E-state index contributed by atoms with van der Waals surface area (Å²) in [7, 11) is 1.67. The molecular weight excluding hydrogens is 418 g/mol. The fourth-order valence-electron chi connectivity index (χ4n) is 3.55. The number of rotatable bonds is 5. The van der Waals surface area contributed by atoms with Crippen LogP contribution >= 0.6 is 0 Å². The van der Waals surface area contributed by atoms with Crippen LogP contribution in [-0.2, 0) is 7.05 Å². The third kappa shape index (κ3) is 3.51. The van der Waals surface area contributed by atoms with Crippen molar-refractivity contribution in [1.29, 1.82) is 0 Å². The SMILES string of the molecule is Cn1cc(NC(=O)c2cnn3cccnc23)c(-c2cc3ccccc3cc2OC(F)F)n1. The van der Waals surface area contributed by atoms with Crippen molar-refractivity contribution in [3.05, 3.63) is 72.8 Å². The summed E-state index contributed by atoms with van der Waals surface area (Å²) in [5, 5.41) is 12.9. The first-order valence-electron chi connectivity index (χ1n) is 9.61. The molecule has 3 heterocycles. The molecule has 8 nitrogen and oxygen atoms in total. The zero-order chi connectivity index (χ0) is 22.2. The quantitative estimate of drug-likeness (QED) is 0.449. The highest BCUT2D eigenvalue weighted by atomic mass is 19.3. The number of aromatic nitrogens is 5. The van der Waals surface area contributed by atoms with Crippen LogP contribution in [0.4, 0.5) is 14.5 Å². The van der Waals surface area contributed by atoms with Crippen molar-refractivity contribution in [2.24, 2.45) is 7.05 Å². The summed E-state index contributed by atoms with van der Waals surface area (Å²) in [5.74, 6) is -0.490. The molecule has 1 N–H and O–H groups in total. The fourth-order valence-corrected chi connectivity index (χ4v) is 3.55. The van der Waals surface area contributed by atoms with Crippen molar-refractivity contribution in [1.82, 2.24) is 24.4 Å². The van der Waals surface area contributed by atoms with Crippen molar-refractivity contribution in [2.45, 2.75) is 6.61 Å². The van der Waals surface area contributed by atoms with Gasteiger partial charge in [-0.3, -0.25) is 9.48 Å². The number of nitrogens with zero attached hydrogens (tertiary/aromatic N) is 5. The summed E-state index contributed by atoms with van der Waals surface area (Å²) in [6.07, 6.45) is 6.24. The van der Waals surface area contributed by atoms with E-state index in [2.05, 4.69) is 20.5 Å². The molecule has 10 heteroatoms. The number of hydrogen-bond donors (Lipinski definition) is 1. The summed E-state index contributed by atoms with van der Waals surface area (Å²) in [6.45, 7) is -3.01. The number of amides is 1. The standard InChI is InChI=1S/C22H16F2N6O2/c1-29-12-17(27-21(31)16-11-26-30-8-4-7-25-20(16)30)19(28-29)15-9-13-5-2-3-6-14(13)10-18(15)32-22(23)24/h2-12,22H,1H3,(H,27,31). The Balaban J connectivity index is 1.59. The van der Waals surface area contributed by atoms with Crippen LogP contribution in [0, 0.1) is 0 Å². The number of anilines is 1. The van der Waals surface area contributed by atoms with Crippen LogP contribution < -0.4 is 10.1 Å². The lowest BCUT2D eigenvalue weighted by atomic mass is 10.0.